The number of hydrogen-bond donors (Lipinski definition) is 1. The quantitative estimate of drug-likeness (QED) is 0.699. The highest BCUT2D eigenvalue weighted by Crippen LogP contribution is 2.68. The Kier molecular flexibility index (Phi) is 3.89. The van der Waals surface area contributed by atoms with E-state index in [9.17, 15) is 9.90 Å². The zero-order chi connectivity index (χ0) is 18.0. The summed E-state index contributed by atoms with van der Waals surface area (Å²) in [5, 5.41) is 11.5. The van der Waals surface area contributed by atoms with Crippen molar-refractivity contribution in [2.24, 2.45) is 28.6 Å². The first-order chi connectivity index (χ1) is 11.7. The Morgan fingerprint density at radius 1 is 1.16 bits per heavy atom. The van der Waals surface area contributed by atoms with Gasteiger partial charge in [-0.3, -0.25) is 4.79 Å². The molecule has 25 heavy (non-hydrogen) atoms. The van der Waals surface area contributed by atoms with Crippen LogP contribution in [0.25, 0.3) is 0 Å². The largest absolute Gasteiger partial charge is 0.389 e. The Balaban J connectivity index is 1.66. The lowest BCUT2D eigenvalue weighted by Crippen LogP contribution is -2.54. The van der Waals surface area contributed by atoms with Gasteiger partial charge in [-0.05, 0) is 93.0 Å². The third kappa shape index (κ3) is 2.36. The predicted octanol–water partition coefficient (Wildman–Crippen LogP) is 5.22. The van der Waals surface area contributed by atoms with Crippen LogP contribution in [0.2, 0.25) is 0 Å². The second-order valence-electron chi connectivity index (χ2n) is 10.1. The zero-order valence-electron chi connectivity index (χ0n) is 16.2. The summed E-state index contributed by atoms with van der Waals surface area (Å²) in [6.07, 6.45) is 11.2. The minimum atomic E-state index is -0.561. The summed E-state index contributed by atoms with van der Waals surface area (Å²) in [6.45, 7) is 10.9. The van der Waals surface area contributed by atoms with Crippen LogP contribution >= 0.6 is 0 Å². The molecule has 0 radical (unpaired) electrons. The molecule has 0 heterocycles. The molecule has 6 atom stereocenters. The molecule has 0 amide bonds. The van der Waals surface area contributed by atoms with E-state index in [2.05, 4.69) is 27.4 Å². The van der Waals surface area contributed by atoms with Crippen LogP contribution in [0.4, 0.5) is 0 Å². The molecular weight excluding hydrogens is 308 g/mol. The van der Waals surface area contributed by atoms with Crippen LogP contribution in [0.1, 0.15) is 78.6 Å². The Bertz CT molecular complexity index is 646. The average molecular weight is 343 g/mol. The van der Waals surface area contributed by atoms with Gasteiger partial charge in [0.05, 0.1) is 5.60 Å². The molecule has 6 unspecified atom stereocenters. The topological polar surface area (TPSA) is 37.3 Å². The second-order valence-corrected chi connectivity index (χ2v) is 10.1. The molecule has 3 fully saturated rings. The molecular formula is C23H34O2. The van der Waals surface area contributed by atoms with Gasteiger partial charge in [0, 0.05) is 6.42 Å². The smallest absolute Gasteiger partial charge is 0.155 e. The van der Waals surface area contributed by atoms with Gasteiger partial charge >= 0.3 is 0 Å². The molecule has 0 spiro atoms. The van der Waals surface area contributed by atoms with Crippen molar-refractivity contribution in [2.75, 3.05) is 0 Å². The van der Waals surface area contributed by atoms with Gasteiger partial charge in [-0.25, -0.2) is 0 Å². The van der Waals surface area contributed by atoms with Crippen molar-refractivity contribution in [3.05, 3.63) is 23.8 Å². The van der Waals surface area contributed by atoms with Crippen LogP contribution in [0.5, 0.6) is 0 Å². The first-order valence-corrected chi connectivity index (χ1v) is 10.3. The van der Waals surface area contributed by atoms with E-state index in [-0.39, 0.29) is 10.8 Å². The zero-order valence-corrected chi connectivity index (χ0v) is 16.2. The molecule has 0 bridgehead atoms. The van der Waals surface area contributed by atoms with Crippen LogP contribution in [-0.4, -0.2) is 16.5 Å². The Hall–Kier alpha value is -0.890. The SMILES string of the molecule is C=C(C)CC1(O)CCC2C3CCC4=CC(=O)CCC4(C)C3CCC21C. The molecule has 4 aliphatic carbocycles. The monoisotopic (exact) mass is 342 g/mol. The van der Waals surface area contributed by atoms with Crippen molar-refractivity contribution in [3.8, 4) is 0 Å². The van der Waals surface area contributed by atoms with Crippen molar-refractivity contribution in [3.63, 3.8) is 0 Å². The minimum absolute atomic E-state index is 0.0369. The van der Waals surface area contributed by atoms with Crippen LogP contribution < -0.4 is 0 Å². The van der Waals surface area contributed by atoms with Gasteiger partial charge in [0.1, 0.15) is 0 Å². The lowest BCUT2D eigenvalue weighted by Gasteiger charge is -2.59. The molecule has 4 rings (SSSR count). The molecule has 0 saturated heterocycles. The maximum Gasteiger partial charge on any atom is 0.155 e. The van der Waals surface area contributed by atoms with E-state index in [1.165, 1.54) is 18.4 Å². The highest BCUT2D eigenvalue weighted by atomic mass is 16.3. The van der Waals surface area contributed by atoms with Gasteiger partial charge in [-0.15, -0.1) is 6.58 Å². The van der Waals surface area contributed by atoms with Gasteiger partial charge in [-0.2, -0.15) is 0 Å². The molecule has 0 aliphatic heterocycles. The van der Waals surface area contributed by atoms with Gasteiger partial charge in [0.15, 0.2) is 5.78 Å². The van der Waals surface area contributed by atoms with E-state index < -0.39 is 5.60 Å². The number of hydrogen-bond acceptors (Lipinski definition) is 2. The first kappa shape index (κ1) is 17.5. The molecule has 3 saturated carbocycles. The fourth-order valence-electron chi connectivity index (χ4n) is 7.46. The predicted molar refractivity (Wildman–Crippen MR) is 101 cm³/mol. The standard InChI is InChI=1S/C23H34O2/c1-15(2)14-23(25)12-9-20-18-6-5-16-13-17(24)7-10-21(16,3)19(18)8-11-22(20,23)4/h13,18-20,25H,1,5-12,14H2,2-4H3. The average Bonchev–Trinajstić information content (AvgIpc) is 2.79. The van der Waals surface area contributed by atoms with Gasteiger partial charge in [0.2, 0.25) is 0 Å². The summed E-state index contributed by atoms with van der Waals surface area (Å²) in [6, 6.07) is 0. The summed E-state index contributed by atoms with van der Waals surface area (Å²) < 4.78 is 0. The van der Waals surface area contributed by atoms with E-state index in [1.807, 2.05) is 6.08 Å². The molecule has 2 heteroatoms. The van der Waals surface area contributed by atoms with Gasteiger partial charge in [-0.1, -0.05) is 25.0 Å². The lowest BCUT2D eigenvalue weighted by molar-refractivity contribution is -0.129. The van der Waals surface area contributed by atoms with Crippen molar-refractivity contribution in [1.82, 2.24) is 0 Å². The lowest BCUT2D eigenvalue weighted by atomic mass is 9.46. The van der Waals surface area contributed by atoms with Gasteiger partial charge in [0.25, 0.3) is 0 Å². The molecule has 0 aromatic rings. The van der Waals surface area contributed by atoms with Crippen LogP contribution in [0.3, 0.4) is 0 Å². The summed E-state index contributed by atoms with van der Waals surface area (Å²) in [4.78, 5) is 11.9. The number of carbonyl (C=O) groups is 1. The number of ketones is 1. The normalized spacial score (nSPS) is 49.0. The molecule has 138 valence electrons. The number of rotatable bonds is 2. The molecule has 2 nitrogen and oxygen atoms in total. The minimum Gasteiger partial charge on any atom is -0.389 e. The third-order valence-corrected chi connectivity index (χ3v) is 8.88. The van der Waals surface area contributed by atoms with E-state index in [0.29, 0.717) is 23.5 Å². The number of aliphatic hydroxyl groups is 1. The van der Waals surface area contributed by atoms with Crippen molar-refractivity contribution >= 4 is 5.78 Å². The fourth-order valence-corrected chi connectivity index (χ4v) is 7.46. The van der Waals surface area contributed by atoms with E-state index in [4.69, 9.17) is 0 Å². The second kappa shape index (κ2) is 5.55. The van der Waals surface area contributed by atoms with Crippen LogP contribution in [0.15, 0.2) is 23.8 Å². The van der Waals surface area contributed by atoms with Crippen molar-refractivity contribution in [2.45, 2.75) is 84.2 Å². The van der Waals surface area contributed by atoms with Gasteiger partial charge < -0.3 is 5.11 Å². The number of allylic oxidation sites excluding steroid dienone is 1. The van der Waals surface area contributed by atoms with E-state index in [1.54, 1.807) is 0 Å². The number of carbonyl (C=O) groups excluding carboxylic acids is 1. The first-order valence-electron chi connectivity index (χ1n) is 10.3. The van der Waals surface area contributed by atoms with E-state index in [0.717, 1.165) is 50.5 Å². The maximum absolute atomic E-state index is 11.9. The number of fused-ring (bicyclic) bond motifs is 5. The highest BCUT2D eigenvalue weighted by Gasteiger charge is 2.63. The fraction of sp³-hybridized carbons (Fsp3) is 0.783. The maximum atomic E-state index is 11.9. The molecule has 4 aliphatic rings. The van der Waals surface area contributed by atoms with Crippen LogP contribution in [-0.2, 0) is 4.79 Å². The highest BCUT2D eigenvalue weighted by molar-refractivity contribution is 5.91. The Labute approximate surface area is 152 Å². The van der Waals surface area contributed by atoms with Crippen molar-refractivity contribution < 1.29 is 9.90 Å². The summed E-state index contributed by atoms with van der Waals surface area (Å²) in [7, 11) is 0. The van der Waals surface area contributed by atoms with Crippen molar-refractivity contribution in [1.29, 1.82) is 0 Å². The summed E-state index contributed by atoms with van der Waals surface area (Å²) in [5.74, 6) is 2.38. The Morgan fingerprint density at radius 3 is 2.60 bits per heavy atom. The Morgan fingerprint density at radius 2 is 1.88 bits per heavy atom. The molecule has 1 N–H and O–H groups in total. The summed E-state index contributed by atoms with van der Waals surface area (Å²) >= 11 is 0. The van der Waals surface area contributed by atoms with E-state index >= 15 is 0 Å². The van der Waals surface area contributed by atoms with Crippen LogP contribution in [0, 0.1) is 28.6 Å². The third-order valence-electron chi connectivity index (χ3n) is 8.88. The summed E-state index contributed by atoms with van der Waals surface area (Å²) in [5.41, 5.74) is 2.25. The molecule has 0 aromatic carbocycles. The molecule has 0 aromatic heterocycles.